The van der Waals surface area contributed by atoms with E-state index in [2.05, 4.69) is 10.8 Å². The summed E-state index contributed by atoms with van der Waals surface area (Å²) in [5.74, 6) is -0.420. The molecule has 7 nitrogen and oxygen atoms in total. The Morgan fingerprint density at radius 3 is 2.61 bits per heavy atom. The van der Waals surface area contributed by atoms with Crippen LogP contribution in [0.2, 0.25) is 0 Å². The van der Waals surface area contributed by atoms with E-state index < -0.39 is 16.4 Å². The molecule has 0 saturated heterocycles. The van der Waals surface area contributed by atoms with E-state index in [1.54, 1.807) is 12.1 Å². The molecule has 0 spiro atoms. The third-order valence-corrected chi connectivity index (χ3v) is 3.63. The molecule has 1 rings (SSSR count). The normalized spacial score (nSPS) is 11.8. The van der Waals surface area contributed by atoms with Crippen molar-refractivity contribution >= 4 is 16.4 Å². The number of nitrogens with zero attached hydrogens (tertiary/aromatic N) is 1. The summed E-state index contributed by atoms with van der Waals surface area (Å²) in [7, 11) is -0.637. The molecule has 1 aromatic rings. The maximum Gasteiger partial charge on any atom is 0.446 e. The number of carbonyl (C=O) groups excluding carboxylic acids is 1. The first-order valence-electron chi connectivity index (χ1n) is 6.90. The third-order valence-electron chi connectivity index (χ3n) is 3.23. The van der Waals surface area contributed by atoms with Crippen molar-refractivity contribution in [2.45, 2.75) is 13.5 Å². The number of hydrogen-bond acceptors (Lipinski definition) is 5. The molecule has 0 aliphatic heterocycles. The lowest BCUT2D eigenvalue weighted by Gasteiger charge is -2.30. The molecule has 0 aliphatic rings. The fourth-order valence-corrected chi connectivity index (χ4v) is 2.33. The fourth-order valence-electron chi connectivity index (χ4n) is 1.98. The monoisotopic (exact) mass is 344 g/mol. The Kier molecular flexibility index (Phi) is 6.31. The quantitative estimate of drug-likeness (QED) is 0.332. The summed E-state index contributed by atoms with van der Waals surface area (Å²) in [4.78, 5) is 11.0. The number of esters is 1. The van der Waals surface area contributed by atoms with Crippen LogP contribution < -0.4 is 4.18 Å². The molecule has 23 heavy (non-hydrogen) atoms. The standard InChI is InChI=1S/C15H21NO6S/c1-5-15(17)21-9-8-16(3,4)11-13-10-14(7-6-12(13)2)22-23(18,19)20/h5-7,10H,1,8-9,11H2,2-4H3/p+1. The van der Waals surface area contributed by atoms with E-state index in [0.717, 1.165) is 17.2 Å². The molecule has 8 heteroatoms. The van der Waals surface area contributed by atoms with Crippen LogP contribution in [0.1, 0.15) is 11.1 Å². The van der Waals surface area contributed by atoms with Crippen LogP contribution in [-0.4, -0.2) is 50.7 Å². The molecule has 1 aromatic carbocycles. The first-order valence-corrected chi connectivity index (χ1v) is 8.26. The zero-order valence-electron chi connectivity index (χ0n) is 13.5. The first kappa shape index (κ1) is 19.1. The minimum atomic E-state index is -4.55. The predicted molar refractivity (Wildman–Crippen MR) is 85.2 cm³/mol. The largest absolute Gasteiger partial charge is 0.457 e. The zero-order chi connectivity index (χ0) is 17.7. The van der Waals surface area contributed by atoms with Gasteiger partial charge in [0.25, 0.3) is 0 Å². The van der Waals surface area contributed by atoms with Gasteiger partial charge in [0.05, 0.1) is 14.1 Å². The second kappa shape index (κ2) is 7.58. The maximum absolute atomic E-state index is 11.0. The van der Waals surface area contributed by atoms with E-state index >= 15 is 0 Å². The molecule has 0 fully saturated rings. The smallest absolute Gasteiger partial charge is 0.446 e. The van der Waals surface area contributed by atoms with Crippen molar-refractivity contribution in [3.8, 4) is 5.75 Å². The molecular formula is C15H22NO6S+. The molecule has 0 atom stereocenters. The summed E-state index contributed by atoms with van der Waals surface area (Å²) in [5, 5.41) is 0. The van der Waals surface area contributed by atoms with E-state index in [0.29, 0.717) is 17.6 Å². The average molecular weight is 344 g/mol. The highest BCUT2D eigenvalue weighted by molar-refractivity contribution is 7.81. The van der Waals surface area contributed by atoms with E-state index in [1.165, 1.54) is 6.07 Å². The van der Waals surface area contributed by atoms with Crippen LogP contribution in [0.15, 0.2) is 30.9 Å². The summed E-state index contributed by atoms with van der Waals surface area (Å²) in [6.45, 7) is 6.61. The van der Waals surface area contributed by atoms with Gasteiger partial charge in [0.2, 0.25) is 0 Å². The Labute approximate surface area is 136 Å². The van der Waals surface area contributed by atoms with E-state index in [4.69, 9.17) is 9.29 Å². The Morgan fingerprint density at radius 2 is 2.04 bits per heavy atom. The van der Waals surface area contributed by atoms with Crippen molar-refractivity contribution in [1.29, 1.82) is 0 Å². The summed E-state index contributed by atoms with van der Waals surface area (Å²) in [6.07, 6.45) is 1.11. The van der Waals surface area contributed by atoms with Gasteiger partial charge in [0.15, 0.2) is 0 Å². The molecule has 0 saturated carbocycles. The number of aryl methyl sites for hydroxylation is 1. The Hall–Kier alpha value is -1.90. The van der Waals surface area contributed by atoms with Crippen molar-refractivity contribution in [2.24, 2.45) is 0 Å². The topological polar surface area (TPSA) is 89.9 Å². The highest BCUT2D eigenvalue weighted by Gasteiger charge is 2.19. The minimum absolute atomic E-state index is 0.0474. The molecule has 0 unspecified atom stereocenters. The van der Waals surface area contributed by atoms with E-state index in [9.17, 15) is 13.2 Å². The van der Waals surface area contributed by atoms with Crippen molar-refractivity contribution in [1.82, 2.24) is 0 Å². The average Bonchev–Trinajstić information content (AvgIpc) is 2.40. The SMILES string of the molecule is C=CC(=O)OCC[N+](C)(C)Cc1cc(OS(=O)(=O)O)ccc1C. The van der Waals surface area contributed by atoms with Crippen LogP contribution >= 0.6 is 0 Å². The Balaban J connectivity index is 2.79. The summed E-state index contributed by atoms with van der Waals surface area (Å²) in [6, 6.07) is 4.75. The van der Waals surface area contributed by atoms with Gasteiger partial charge in [-0.3, -0.25) is 4.55 Å². The number of ether oxygens (including phenoxy) is 1. The fraction of sp³-hybridized carbons (Fsp3) is 0.400. The van der Waals surface area contributed by atoms with Gasteiger partial charge in [-0.2, -0.15) is 8.42 Å². The Bertz CT molecular complexity index is 681. The number of likely N-dealkylation sites (N-methyl/N-ethyl adjacent to an activating group) is 1. The van der Waals surface area contributed by atoms with Gasteiger partial charge in [-0.05, 0) is 24.6 Å². The molecule has 0 radical (unpaired) electrons. The van der Waals surface area contributed by atoms with Gasteiger partial charge in [-0.15, -0.1) is 0 Å². The number of rotatable bonds is 8. The second-order valence-corrected chi connectivity index (χ2v) is 6.81. The number of quaternary nitrogens is 1. The summed E-state index contributed by atoms with van der Waals surface area (Å²) >= 11 is 0. The molecular weight excluding hydrogens is 322 g/mol. The van der Waals surface area contributed by atoms with Crippen LogP contribution in [0.3, 0.4) is 0 Å². The highest BCUT2D eigenvalue weighted by Crippen LogP contribution is 2.21. The van der Waals surface area contributed by atoms with Crippen molar-refractivity contribution < 1.29 is 31.2 Å². The third kappa shape index (κ3) is 7.27. The lowest BCUT2D eigenvalue weighted by Crippen LogP contribution is -2.41. The lowest BCUT2D eigenvalue weighted by atomic mass is 10.1. The van der Waals surface area contributed by atoms with Gasteiger partial charge >= 0.3 is 16.4 Å². The zero-order valence-corrected chi connectivity index (χ0v) is 14.3. The molecule has 0 bridgehead atoms. The van der Waals surface area contributed by atoms with Crippen LogP contribution in [0.4, 0.5) is 0 Å². The number of benzene rings is 1. The Morgan fingerprint density at radius 1 is 1.39 bits per heavy atom. The van der Waals surface area contributed by atoms with Crippen LogP contribution in [0.5, 0.6) is 5.75 Å². The van der Waals surface area contributed by atoms with Crippen LogP contribution in [-0.2, 0) is 26.5 Å². The maximum atomic E-state index is 11.0. The molecule has 0 amide bonds. The van der Waals surface area contributed by atoms with Crippen molar-refractivity contribution in [2.75, 3.05) is 27.2 Å². The lowest BCUT2D eigenvalue weighted by molar-refractivity contribution is -0.903. The molecule has 0 aliphatic carbocycles. The molecule has 128 valence electrons. The van der Waals surface area contributed by atoms with Gasteiger partial charge in [-0.25, -0.2) is 4.79 Å². The van der Waals surface area contributed by atoms with Crippen molar-refractivity contribution in [3.05, 3.63) is 42.0 Å². The van der Waals surface area contributed by atoms with Gasteiger partial charge < -0.3 is 13.4 Å². The molecule has 1 N–H and O–H groups in total. The molecule has 0 aromatic heterocycles. The first-order chi connectivity index (χ1) is 10.5. The van der Waals surface area contributed by atoms with Gasteiger partial charge in [0, 0.05) is 11.6 Å². The van der Waals surface area contributed by atoms with Crippen LogP contribution in [0.25, 0.3) is 0 Å². The van der Waals surface area contributed by atoms with Crippen LogP contribution in [0, 0.1) is 6.92 Å². The number of carbonyl (C=O) groups is 1. The summed E-state index contributed by atoms with van der Waals surface area (Å²) < 4.78 is 40.3. The van der Waals surface area contributed by atoms with E-state index in [-0.39, 0.29) is 12.4 Å². The predicted octanol–water partition coefficient (Wildman–Crippen LogP) is 1.48. The van der Waals surface area contributed by atoms with Gasteiger partial charge in [0.1, 0.15) is 25.4 Å². The highest BCUT2D eigenvalue weighted by atomic mass is 32.3. The number of hydrogen-bond donors (Lipinski definition) is 1. The minimum Gasteiger partial charge on any atom is -0.457 e. The van der Waals surface area contributed by atoms with E-state index in [1.807, 2.05) is 21.0 Å². The molecule has 0 heterocycles. The second-order valence-electron chi connectivity index (χ2n) is 5.79. The van der Waals surface area contributed by atoms with Gasteiger partial charge in [-0.1, -0.05) is 12.6 Å². The summed E-state index contributed by atoms with van der Waals surface area (Å²) in [5.41, 5.74) is 1.83. The van der Waals surface area contributed by atoms with Crippen molar-refractivity contribution in [3.63, 3.8) is 0 Å².